The second kappa shape index (κ2) is 6.35. The van der Waals surface area contributed by atoms with E-state index in [1.54, 1.807) is 6.26 Å². The van der Waals surface area contributed by atoms with Crippen LogP contribution in [0.5, 0.6) is 0 Å². The van der Waals surface area contributed by atoms with Crippen LogP contribution in [-0.4, -0.2) is 16.1 Å². The fourth-order valence-corrected chi connectivity index (χ4v) is 3.19. The van der Waals surface area contributed by atoms with Crippen molar-refractivity contribution in [3.05, 3.63) is 46.8 Å². The predicted molar refractivity (Wildman–Crippen MR) is 90.1 cm³/mol. The SMILES string of the molecule is CC(C)c1noc(COC(=O)Cc2coc3cc4c(cc23)CCC4)n1. The zero-order valence-electron chi connectivity index (χ0n) is 14.4. The molecule has 0 spiro atoms. The molecule has 2 aromatic heterocycles. The molecule has 0 aliphatic heterocycles. The maximum atomic E-state index is 12.1. The molecule has 0 atom stereocenters. The first kappa shape index (κ1) is 15.9. The molecule has 0 amide bonds. The van der Waals surface area contributed by atoms with Crippen molar-refractivity contribution >= 4 is 16.9 Å². The summed E-state index contributed by atoms with van der Waals surface area (Å²) in [6.07, 6.45) is 5.19. The maximum Gasteiger partial charge on any atom is 0.310 e. The highest BCUT2D eigenvalue weighted by Crippen LogP contribution is 2.30. The zero-order chi connectivity index (χ0) is 17.4. The minimum atomic E-state index is -0.340. The van der Waals surface area contributed by atoms with Crippen LogP contribution in [0.15, 0.2) is 27.3 Å². The van der Waals surface area contributed by atoms with Gasteiger partial charge in [-0.1, -0.05) is 19.0 Å². The lowest BCUT2D eigenvalue weighted by atomic mass is 10.0. The number of carbonyl (C=O) groups is 1. The number of hydrogen-bond donors (Lipinski definition) is 0. The summed E-state index contributed by atoms with van der Waals surface area (Å²) < 4.78 is 16.0. The molecule has 0 radical (unpaired) electrons. The molecule has 3 aromatic rings. The fraction of sp³-hybridized carbons (Fsp3) is 0.421. The van der Waals surface area contributed by atoms with Crippen LogP contribution in [0.3, 0.4) is 0 Å². The van der Waals surface area contributed by atoms with Crippen molar-refractivity contribution in [1.82, 2.24) is 10.1 Å². The highest BCUT2D eigenvalue weighted by atomic mass is 16.6. The standard InChI is InChI=1S/C19H20N2O4/c1-11(2)19-20-17(25-21-19)10-24-18(22)8-14-9-23-16-7-13-5-3-4-12(13)6-15(14)16/h6-7,9,11H,3-5,8,10H2,1-2H3. The van der Waals surface area contributed by atoms with Crippen LogP contribution in [0, 0.1) is 0 Å². The Morgan fingerprint density at radius 3 is 2.84 bits per heavy atom. The number of aromatic nitrogens is 2. The highest BCUT2D eigenvalue weighted by molar-refractivity contribution is 5.87. The van der Waals surface area contributed by atoms with Crippen molar-refractivity contribution in [3.63, 3.8) is 0 Å². The Hall–Kier alpha value is -2.63. The van der Waals surface area contributed by atoms with Gasteiger partial charge in [0, 0.05) is 16.9 Å². The monoisotopic (exact) mass is 340 g/mol. The van der Waals surface area contributed by atoms with E-state index < -0.39 is 0 Å². The number of furan rings is 1. The molecular formula is C19H20N2O4. The lowest BCUT2D eigenvalue weighted by molar-refractivity contribution is -0.144. The normalized spacial score (nSPS) is 13.6. The lowest BCUT2D eigenvalue weighted by Crippen LogP contribution is -2.08. The highest BCUT2D eigenvalue weighted by Gasteiger charge is 2.18. The van der Waals surface area contributed by atoms with Gasteiger partial charge in [-0.05, 0) is 42.5 Å². The minimum absolute atomic E-state index is 0.0102. The molecule has 1 aromatic carbocycles. The Balaban J connectivity index is 1.43. The molecular weight excluding hydrogens is 320 g/mol. The molecule has 1 aliphatic carbocycles. The van der Waals surface area contributed by atoms with E-state index >= 15 is 0 Å². The van der Waals surface area contributed by atoms with Crippen molar-refractivity contribution < 1.29 is 18.5 Å². The summed E-state index contributed by atoms with van der Waals surface area (Å²) in [4.78, 5) is 16.3. The van der Waals surface area contributed by atoms with Crippen molar-refractivity contribution in [2.24, 2.45) is 0 Å². The summed E-state index contributed by atoms with van der Waals surface area (Å²) in [7, 11) is 0. The summed E-state index contributed by atoms with van der Waals surface area (Å²) in [6, 6.07) is 4.25. The number of esters is 1. The molecule has 130 valence electrons. The molecule has 0 N–H and O–H groups in total. The molecule has 6 heteroatoms. The summed E-state index contributed by atoms with van der Waals surface area (Å²) in [5.41, 5.74) is 4.40. The summed E-state index contributed by atoms with van der Waals surface area (Å²) in [5.74, 6) is 0.757. The van der Waals surface area contributed by atoms with Crippen LogP contribution in [0.25, 0.3) is 11.0 Å². The van der Waals surface area contributed by atoms with E-state index in [1.165, 1.54) is 17.5 Å². The first-order chi connectivity index (χ1) is 12.1. The zero-order valence-corrected chi connectivity index (χ0v) is 14.4. The number of aryl methyl sites for hydroxylation is 2. The van der Waals surface area contributed by atoms with Gasteiger partial charge in [-0.2, -0.15) is 4.98 Å². The van der Waals surface area contributed by atoms with Crippen molar-refractivity contribution in [2.75, 3.05) is 0 Å². The Morgan fingerprint density at radius 1 is 1.28 bits per heavy atom. The largest absolute Gasteiger partial charge is 0.464 e. The average molecular weight is 340 g/mol. The van der Waals surface area contributed by atoms with E-state index in [4.69, 9.17) is 13.7 Å². The number of benzene rings is 1. The van der Waals surface area contributed by atoms with Gasteiger partial charge in [0.1, 0.15) is 5.58 Å². The van der Waals surface area contributed by atoms with Crippen molar-refractivity contribution in [2.45, 2.75) is 52.1 Å². The molecule has 1 aliphatic rings. The Kier molecular flexibility index (Phi) is 4.03. The van der Waals surface area contributed by atoms with Gasteiger partial charge in [0.25, 0.3) is 5.89 Å². The van der Waals surface area contributed by atoms with E-state index in [0.717, 1.165) is 29.4 Å². The summed E-state index contributed by atoms with van der Waals surface area (Å²) >= 11 is 0. The first-order valence-electron chi connectivity index (χ1n) is 8.60. The van der Waals surface area contributed by atoms with Gasteiger partial charge in [-0.15, -0.1) is 0 Å². The molecule has 6 nitrogen and oxygen atoms in total. The van der Waals surface area contributed by atoms with Crippen molar-refractivity contribution in [3.8, 4) is 0 Å². The Bertz CT molecular complexity index is 923. The number of fused-ring (bicyclic) bond motifs is 2. The van der Waals surface area contributed by atoms with Gasteiger partial charge in [-0.3, -0.25) is 4.79 Å². The van der Waals surface area contributed by atoms with Crippen LogP contribution >= 0.6 is 0 Å². The minimum Gasteiger partial charge on any atom is -0.464 e. The van der Waals surface area contributed by atoms with Crippen molar-refractivity contribution in [1.29, 1.82) is 0 Å². The van der Waals surface area contributed by atoms with E-state index in [9.17, 15) is 4.79 Å². The first-order valence-corrected chi connectivity index (χ1v) is 8.60. The van der Waals surface area contributed by atoms with E-state index in [1.807, 2.05) is 13.8 Å². The predicted octanol–water partition coefficient (Wildman–Crippen LogP) is 3.71. The van der Waals surface area contributed by atoms with Gasteiger partial charge in [0.15, 0.2) is 12.4 Å². The third-order valence-electron chi connectivity index (χ3n) is 4.56. The second-order valence-corrected chi connectivity index (χ2v) is 6.77. The van der Waals surface area contributed by atoms with Crippen LogP contribution in [0.1, 0.15) is 54.6 Å². The lowest BCUT2D eigenvalue weighted by Gasteiger charge is -2.02. The van der Waals surface area contributed by atoms with Gasteiger partial charge >= 0.3 is 5.97 Å². The van der Waals surface area contributed by atoms with Crippen LogP contribution in [0.2, 0.25) is 0 Å². The Labute approximate surface area is 145 Å². The van der Waals surface area contributed by atoms with Gasteiger partial charge in [0.05, 0.1) is 12.7 Å². The summed E-state index contributed by atoms with van der Waals surface area (Å²) in [5, 5.41) is 4.85. The molecule has 2 heterocycles. The molecule has 0 unspecified atom stereocenters. The maximum absolute atomic E-state index is 12.1. The number of ether oxygens (including phenoxy) is 1. The van der Waals surface area contributed by atoms with Gasteiger partial charge in [-0.25, -0.2) is 0 Å². The molecule has 0 bridgehead atoms. The van der Waals surface area contributed by atoms with Crippen LogP contribution < -0.4 is 0 Å². The molecule has 25 heavy (non-hydrogen) atoms. The number of hydrogen-bond acceptors (Lipinski definition) is 6. The number of carbonyl (C=O) groups excluding carboxylic acids is 1. The smallest absolute Gasteiger partial charge is 0.310 e. The van der Waals surface area contributed by atoms with E-state index in [0.29, 0.717) is 11.7 Å². The number of rotatable bonds is 5. The quantitative estimate of drug-likeness (QED) is 0.659. The molecule has 0 saturated carbocycles. The van der Waals surface area contributed by atoms with E-state index in [2.05, 4.69) is 22.3 Å². The third kappa shape index (κ3) is 3.16. The molecule has 0 saturated heterocycles. The third-order valence-corrected chi connectivity index (χ3v) is 4.56. The van der Waals surface area contributed by atoms with Gasteiger partial charge in [0.2, 0.25) is 0 Å². The topological polar surface area (TPSA) is 78.4 Å². The number of nitrogens with zero attached hydrogens (tertiary/aromatic N) is 2. The van der Waals surface area contributed by atoms with Crippen LogP contribution in [-0.2, 0) is 35.4 Å². The second-order valence-electron chi connectivity index (χ2n) is 6.77. The fourth-order valence-electron chi connectivity index (χ4n) is 3.19. The summed E-state index contributed by atoms with van der Waals surface area (Å²) in [6.45, 7) is 3.94. The molecule has 4 rings (SSSR count). The Morgan fingerprint density at radius 2 is 2.08 bits per heavy atom. The average Bonchev–Trinajstić information content (AvgIpc) is 3.31. The van der Waals surface area contributed by atoms with Crippen LogP contribution in [0.4, 0.5) is 0 Å². The van der Waals surface area contributed by atoms with Gasteiger partial charge < -0.3 is 13.7 Å². The van der Waals surface area contributed by atoms with E-state index in [-0.39, 0.29) is 24.9 Å². The molecule has 0 fully saturated rings.